The molecule has 0 aliphatic rings. The van der Waals surface area contributed by atoms with Gasteiger partial charge in [-0.25, -0.2) is 9.97 Å². The summed E-state index contributed by atoms with van der Waals surface area (Å²) in [7, 11) is 0. The topological polar surface area (TPSA) is 67.3 Å². The second-order valence-corrected chi connectivity index (χ2v) is 5.04. The molecule has 0 atom stereocenters. The van der Waals surface area contributed by atoms with Crippen LogP contribution in [0.4, 0.5) is 0 Å². The minimum absolute atomic E-state index is 0.585. The first kappa shape index (κ1) is 12.6. The molecule has 0 saturated heterocycles. The van der Waals surface area contributed by atoms with Crippen LogP contribution >= 0.6 is 0 Å². The maximum Gasteiger partial charge on any atom is 0.199 e. The highest BCUT2D eigenvalue weighted by Gasteiger charge is 2.12. The Morgan fingerprint density at radius 1 is 0.955 bits per heavy atom. The number of hydrogen-bond donors (Lipinski definition) is 1. The highest BCUT2D eigenvalue weighted by molar-refractivity contribution is 5.94. The number of rotatable bonds is 2. The van der Waals surface area contributed by atoms with Crippen LogP contribution in [-0.2, 0) is 0 Å². The number of fused-ring (bicyclic) bond motifs is 1. The van der Waals surface area contributed by atoms with Gasteiger partial charge in [0.1, 0.15) is 11.5 Å². The molecule has 0 unspecified atom stereocenters. The van der Waals surface area contributed by atoms with Crippen LogP contribution in [0.25, 0.3) is 33.7 Å². The molecule has 1 aromatic carbocycles. The van der Waals surface area contributed by atoms with Crippen molar-refractivity contribution in [2.45, 2.75) is 6.92 Å². The van der Waals surface area contributed by atoms with Gasteiger partial charge in [-0.05, 0) is 25.1 Å². The Hall–Kier alpha value is -3.08. The number of nitrogens with zero attached hydrogens (tertiary/aromatic N) is 4. The Kier molecular flexibility index (Phi) is 2.89. The van der Waals surface area contributed by atoms with E-state index in [2.05, 4.69) is 20.2 Å². The monoisotopic (exact) mass is 287 g/mol. The van der Waals surface area contributed by atoms with Crippen LogP contribution in [0.3, 0.4) is 0 Å². The van der Waals surface area contributed by atoms with Crippen LogP contribution in [0.2, 0.25) is 0 Å². The first-order chi connectivity index (χ1) is 10.8. The fraction of sp³-hybridized carbons (Fsp3) is 0.0588. The minimum Gasteiger partial charge on any atom is -0.263 e. The Labute approximate surface area is 127 Å². The minimum atomic E-state index is 0.585. The van der Waals surface area contributed by atoms with Crippen LogP contribution in [0.5, 0.6) is 0 Å². The molecular weight excluding hydrogens is 274 g/mol. The van der Waals surface area contributed by atoms with Crippen LogP contribution in [0.1, 0.15) is 5.82 Å². The van der Waals surface area contributed by atoms with Gasteiger partial charge in [-0.15, -0.1) is 0 Å². The molecule has 0 aliphatic carbocycles. The van der Waals surface area contributed by atoms with Crippen molar-refractivity contribution in [2.24, 2.45) is 0 Å². The summed E-state index contributed by atoms with van der Waals surface area (Å²) in [6.45, 7) is 1.87. The molecule has 0 bridgehead atoms. The number of nitrogens with one attached hydrogen (secondary N) is 1. The largest absolute Gasteiger partial charge is 0.263 e. The number of H-pyrrole nitrogens is 1. The molecule has 0 fully saturated rings. The second kappa shape index (κ2) is 5.04. The second-order valence-electron chi connectivity index (χ2n) is 5.04. The van der Waals surface area contributed by atoms with Crippen molar-refractivity contribution in [1.82, 2.24) is 25.1 Å². The molecule has 0 amide bonds. The molecule has 0 radical (unpaired) electrons. The zero-order valence-corrected chi connectivity index (χ0v) is 12.0. The lowest BCUT2D eigenvalue weighted by Crippen LogP contribution is -1.93. The maximum absolute atomic E-state index is 4.77. The molecule has 1 N–H and O–H groups in total. The number of hydrogen-bond acceptors (Lipinski definition) is 4. The van der Waals surface area contributed by atoms with Crippen molar-refractivity contribution in [3.63, 3.8) is 0 Å². The fourth-order valence-electron chi connectivity index (χ4n) is 2.46. The standard InChI is InChI=1S/C17H13N5/c1-11-19-17(22-21-11)15-10-14-13(8-5-9-18-14)16(20-15)12-6-3-2-4-7-12/h2-10H,1H3,(H,19,21,22). The van der Waals surface area contributed by atoms with Gasteiger partial charge in [0, 0.05) is 17.1 Å². The van der Waals surface area contributed by atoms with Crippen LogP contribution in [-0.4, -0.2) is 25.1 Å². The lowest BCUT2D eigenvalue weighted by atomic mass is 10.1. The molecule has 22 heavy (non-hydrogen) atoms. The Balaban J connectivity index is 2.01. The SMILES string of the molecule is Cc1nc(-c2cc3ncccc3c(-c3ccccc3)n2)n[nH]1. The third-order valence-corrected chi connectivity index (χ3v) is 3.47. The lowest BCUT2D eigenvalue weighted by molar-refractivity contribution is 1.04. The molecule has 5 nitrogen and oxygen atoms in total. The van der Waals surface area contributed by atoms with E-state index in [-0.39, 0.29) is 0 Å². The van der Waals surface area contributed by atoms with Crippen molar-refractivity contribution >= 4 is 10.9 Å². The predicted octanol–water partition coefficient (Wildman–Crippen LogP) is 3.39. The number of pyridine rings is 2. The molecule has 4 aromatic rings. The summed E-state index contributed by atoms with van der Waals surface area (Å²) in [5.41, 5.74) is 3.54. The number of aryl methyl sites for hydroxylation is 1. The van der Waals surface area contributed by atoms with Crippen molar-refractivity contribution in [2.75, 3.05) is 0 Å². The van der Waals surface area contributed by atoms with Gasteiger partial charge in [0.25, 0.3) is 0 Å². The normalized spacial score (nSPS) is 11.0. The summed E-state index contributed by atoms with van der Waals surface area (Å²) in [5, 5.41) is 8.07. The van der Waals surface area contributed by atoms with E-state index in [0.717, 1.165) is 33.7 Å². The molecule has 106 valence electrons. The zero-order valence-electron chi connectivity index (χ0n) is 12.0. The Bertz CT molecular complexity index is 944. The number of aromatic nitrogens is 5. The third-order valence-electron chi connectivity index (χ3n) is 3.47. The van der Waals surface area contributed by atoms with Gasteiger partial charge in [-0.1, -0.05) is 30.3 Å². The van der Waals surface area contributed by atoms with Crippen LogP contribution in [0, 0.1) is 6.92 Å². The van der Waals surface area contributed by atoms with E-state index in [1.165, 1.54) is 0 Å². The average Bonchev–Trinajstić information content (AvgIpc) is 3.01. The van der Waals surface area contributed by atoms with Crippen molar-refractivity contribution in [3.05, 3.63) is 60.6 Å². The van der Waals surface area contributed by atoms with E-state index < -0.39 is 0 Å². The third kappa shape index (κ3) is 2.13. The van der Waals surface area contributed by atoms with Gasteiger partial charge in [0.05, 0.1) is 11.2 Å². The quantitative estimate of drug-likeness (QED) is 0.613. The molecule has 0 spiro atoms. The van der Waals surface area contributed by atoms with Crippen molar-refractivity contribution in [1.29, 1.82) is 0 Å². The molecule has 4 rings (SSSR count). The molecular formula is C17H13N5. The fourth-order valence-corrected chi connectivity index (χ4v) is 2.46. The molecule has 3 heterocycles. The van der Waals surface area contributed by atoms with Crippen LogP contribution in [0.15, 0.2) is 54.7 Å². The van der Waals surface area contributed by atoms with Gasteiger partial charge in [-0.3, -0.25) is 10.1 Å². The summed E-state index contributed by atoms with van der Waals surface area (Å²) in [6.07, 6.45) is 1.78. The maximum atomic E-state index is 4.77. The van der Waals surface area contributed by atoms with Crippen molar-refractivity contribution in [3.8, 4) is 22.8 Å². The summed E-state index contributed by atoms with van der Waals surface area (Å²) in [4.78, 5) is 13.6. The molecule has 0 aliphatic heterocycles. The molecule has 0 saturated carbocycles. The summed E-state index contributed by atoms with van der Waals surface area (Å²) >= 11 is 0. The first-order valence-electron chi connectivity index (χ1n) is 7.02. The number of aromatic amines is 1. The van der Waals surface area contributed by atoms with Gasteiger partial charge in [-0.2, -0.15) is 5.10 Å². The highest BCUT2D eigenvalue weighted by Crippen LogP contribution is 2.28. The summed E-state index contributed by atoms with van der Waals surface area (Å²) in [5.74, 6) is 1.35. The average molecular weight is 287 g/mol. The smallest absolute Gasteiger partial charge is 0.199 e. The van der Waals surface area contributed by atoms with E-state index in [9.17, 15) is 0 Å². The zero-order chi connectivity index (χ0) is 14.9. The molecule has 3 aromatic heterocycles. The first-order valence-corrected chi connectivity index (χ1v) is 7.02. The summed E-state index contributed by atoms with van der Waals surface area (Å²) in [6, 6.07) is 16.0. The van der Waals surface area contributed by atoms with Gasteiger partial charge >= 0.3 is 0 Å². The number of benzene rings is 1. The van der Waals surface area contributed by atoms with Crippen LogP contribution < -0.4 is 0 Å². The van der Waals surface area contributed by atoms with E-state index in [1.807, 2.05) is 55.5 Å². The van der Waals surface area contributed by atoms with Gasteiger partial charge in [0.2, 0.25) is 0 Å². The van der Waals surface area contributed by atoms with E-state index in [1.54, 1.807) is 6.20 Å². The Morgan fingerprint density at radius 3 is 2.59 bits per heavy atom. The highest BCUT2D eigenvalue weighted by atomic mass is 15.2. The molecule has 5 heteroatoms. The van der Waals surface area contributed by atoms with E-state index in [4.69, 9.17) is 4.98 Å². The summed E-state index contributed by atoms with van der Waals surface area (Å²) < 4.78 is 0. The van der Waals surface area contributed by atoms with Crippen molar-refractivity contribution < 1.29 is 0 Å². The lowest BCUT2D eigenvalue weighted by Gasteiger charge is -2.07. The van der Waals surface area contributed by atoms with Gasteiger partial charge in [0.15, 0.2) is 5.82 Å². The van der Waals surface area contributed by atoms with Gasteiger partial charge < -0.3 is 0 Å². The Morgan fingerprint density at radius 2 is 1.82 bits per heavy atom. The van der Waals surface area contributed by atoms with E-state index >= 15 is 0 Å². The van der Waals surface area contributed by atoms with E-state index in [0.29, 0.717) is 5.82 Å². The predicted molar refractivity (Wildman–Crippen MR) is 85.1 cm³/mol.